The molecule has 2 rings (SSSR count). The zero-order chi connectivity index (χ0) is 15.6. The van der Waals surface area contributed by atoms with E-state index < -0.39 is 0 Å². The lowest BCUT2D eigenvalue weighted by atomic mass is 9.85. The van der Waals surface area contributed by atoms with Gasteiger partial charge >= 0.3 is 0 Å². The van der Waals surface area contributed by atoms with E-state index in [2.05, 4.69) is 82.5 Å². The van der Waals surface area contributed by atoms with Crippen molar-refractivity contribution < 1.29 is 0 Å². The van der Waals surface area contributed by atoms with E-state index in [1.165, 1.54) is 27.8 Å². The van der Waals surface area contributed by atoms with E-state index in [9.17, 15) is 0 Å². The summed E-state index contributed by atoms with van der Waals surface area (Å²) in [6.07, 6.45) is 0. The second-order valence-corrected chi connectivity index (χ2v) is 6.83. The average Bonchev–Trinajstić information content (AvgIpc) is 2.41. The van der Waals surface area contributed by atoms with Crippen LogP contribution >= 0.6 is 0 Å². The van der Waals surface area contributed by atoms with E-state index in [0.717, 1.165) is 0 Å². The predicted molar refractivity (Wildman–Crippen MR) is 90.2 cm³/mol. The van der Waals surface area contributed by atoms with Gasteiger partial charge in [-0.15, -0.1) is 0 Å². The molecular weight excluding hydrogens is 256 g/mol. The maximum atomic E-state index is 5.82. The fraction of sp³-hybridized carbons (Fsp3) is 0.368. The van der Waals surface area contributed by atoms with Crippen LogP contribution in [0.3, 0.4) is 0 Å². The van der Waals surface area contributed by atoms with E-state index in [4.69, 9.17) is 5.84 Å². The lowest BCUT2D eigenvalue weighted by Gasteiger charge is -2.22. The van der Waals surface area contributed by atoms with Crippen molar-refractivity contribution in [3.63, 3.8) is 0 Å². The highest BCUT2D eigenvalue weighted by molar-refractivity contribution is 5.40. The first kappa shape index (κ1) is 15.7. The van der Waals surface area contributed by atoms with Crippen molar-refractivity contribution in [3.8, 4) is 0 Å². The molecular formula is C19H26N2. The van der Waals surface area contributed by atoms with Crippen LogP contribution in [0.1, 0.15) is 54.6 Å². The zero-order valence-electron chi connectivity index (χ0n) is 13.7. The molecule has 2 nitrogen and oxygen atoms in total. The summed E-state index contributed by atoms with van der Waals surface area (Å²) in [6, 6.07) is 15.3. The van der Waals surface area contributed by atoms with Gasteiger partial charge in [0.15, 0.2) is 0 Å². The van der Waals surface area contributed by atoms with Gasteiger partial charge in [-0.25, -0.2) is 5.43 Å². The minimum absolute atomic E-state index is 0.0274. The van der Waals surface area contributed by atoms with E-state index in [1.54, 1.807) is 0 Å². The number of nitrogens with one attached hydrogen (secondary N) is 1. The summed E-state index contributed by atoms with van der Waals surface area (Å²) in [7, 11) is 0. The second kappa shape index (κ2) is 6.00. The molecule has 0 spiro atoms. The highest BCUT2D eigenvalue weighted by atomic mass is 15.2. The van der Waals surface area contributed by atoms with Crippen LogP contribution in [-0.4, -0.2) is 0 Å². The molecule has 1 unspecified atom stereocenters. The number of hydrazine groups is 1. The Morgan fingerprint density at radius 1 is 0.952 bits per heavy atom. The molecule has 0 amide bonds. The van der Waals surface area contributed by atoms with Gasteiger partial charge in [0.1, 0.15) is 0 Å². The molecule has 3 N–H and O–H groups in total. The summed E-state index contributed by atoms with van der Waals surface area (Å²) in [6.45, 7) is 10.9. The first-order chi connectivity index (χ1) is 9.82. The van der Waals surface area contributed by atoms with Crippen molar-refractivity contribution in [2.45, 2.75) is 46.1 Å². The van der Waals surface area contributed by atoms with Crippen molar-refractivity contribution in [2.75, 3.05) is 0 Å². The summed E-state index contributed by atoms with van der Waals surface area (Å²) in [5.41, 5.74) is 9.42. The molecule has 0 heterocycles. The number of aryl methyl sites for hydroxylation is 2. The van der Waals surface area contributed by atoms with Crippen molar-refractivity contribution in [1.29, 1.82) is 0 Å². The van der Waals surface area contributed by atoms with Gasteiger partial charge in [0.2, 0.25) is 0 Å². The average molecular weight is 282 g/mol. The van der Waals surface area contributed by atoms with Crippen LogP contribution in [0, 0.1) is 13.8 Å². The van der Waals surface area contributed by atoms with E-state index >= 15 is 0 Å². The monoisotopic (exact) mass is 282 g/mol. The summed E-state index contributed by atoms with van der Waals surface area (Å²) < 4.78 is 0. The number of rotatable bonds is 3. The second-order valence-electron chi connectivity index (χ2n) is 6.83. The first-order valence-corrected chi connectivity index (χ1v) is 7.46. The Morgan fingerprint density at radius 3 is 2.05 bits per heavy atom. The molecule has 0 fully saturated rings. The van der Waals surface area contributed by atoms with Crippen molar-refractivity contribution in [2.24, 2.45) is 5.84 Å². The Labute approximate surface area is 128 Å². The SMILES string of the molecule is Cc1ccc(C(NN)c2ccc(C(C)(C)C)cc2)c(C)c1. The van der Waals surface area contributed by atoms with Crippen LogP contribution in [0.15, 0.2) is 42.5 Å². The molecule has 2 aromatic carbocycles. The molecule has 2 heteroatoms. The number of benzene rings is 2. The Bertz CT molecular complexity index is 606. The lowest BCUT2D eigenvalue weighted by molar-refractivity contribution is 0.587. The Morgan fingerprint density at radius 2 is 1.57 bits per heavy atom. The fourth-order valence-electron chi connectivity index (χ4n) is 2.69. The molecule has 21 heavy (non-hydrogen) atoms. The quantitative estimate of drug-likeness (QED) is 0.655. The third-order valence-corrected chi connectivity index (χ3v) is 4.01. The van der Waals surface area contributed by atoms with Gasteiger partial charge in [-0.1, -0.05) is 68.8 Å². The van der Waals surface area contributed by atoms with Crippen LogP contribution in [0.2, 0.25) is 0 Å². The van der Waals surface area contributed by atoms with Crippen molar-refractivity contribution in [1.82, 2.24) is 5.43 Å². The predicted octanol–water partition coefficient (Wildman–Crippen LogP) is 4.15. The standard InChI is InChI=1S/C19H26N2/c1-13-6-11-17(14(2)12-13)18(21-20)15-7-9-16(10-8-15)19(3,4)5/h6-12,18,21H,20H2,1-5H3. The smallest absolute Gasteiger partial charge is 0.0712 e. The van der Waals surface area contributed by atoms with Gasteiger partial charge in [0.25, 0.3) is 0 Å². The Kier molecular flexibility index (Phi) is 4.50. The van der Waals surface area contributed by atoms with Crippen LogP contribution in [-0.2, 0) is 5.41 Å². The maximum Gasteiger partial charge on any atom is 0.0712 e. The van der Waals surface area contributed by atoms with Gasteiger partial charge < -0.3 is 0 Å². The molecule has 0 saturated carbocycles. The Balaban J connectivity index is 2.37. The van der Waals surface area contributed by atoms with Gasteiger partial charge in [-0.2, -0.15) is 0 Å². The molecule has 2 aromatic rings. The molecule has 112 valence electrons. The number of hydrogen-bond donors (Lipinski definition) is 2. The fourth-order valence-corrected chi connectivity index (χ4v) is 2.69. The third kappa shape index (κ3) is 3.52. The summed E-state index contributed by atoms with van der Waals surface area (Å²) in [5.74, 6) is 5.82. The van der Waals surface area contributed by atoms with Crippen LogP contribution < -0.4 is 11.3 Å². The molecule has 0 aliphatic carbocycles. The van der Waals surface area contributed by atoms with Crippen LogP contribution in [0.5, 0.6) is 0 Å². The highest BCUT2D eigenvalue weighted by Crippen LogP contribution is 2.28. The zero-order valence-corrected chi connectivity index (χ0v) is 13.7. The molecule has 0 radical (unpaired) electrons. The Hall–Kier alpha value is -1.64. The van der Waals surface area contributed by atoms with Gasteiger partial charge in [-0.05, 0) is 41.5 Å². The molecule has 0 bridgehead atoms. The maximum absolute atomic E-state index is 5.82. The van der Waals surface area contributed by atoms with Crippen molar-refractivity contribution >= 4 is 0 Å². The van der Waals surface area contributed by atoms with E-state index in [1.807, 2.05) is 0 Å². The van der Waals surface area contributed by atoms with Crippen LogP contribution in [0.25, 0.3) is 0 Å². The van der Waals surface area contributed by atoms with E-state index in [0.29, 0.717) is 0 Å². The van der Waals surface area contributed by atoms with Gasteiger partial charge in [0.05, 0.1) is 6.04 Å². The topological polar surface area (TPSA) is 38.0 Å². The highest BCUT2D eigenvalue weighted by Gasteiger charge is 2.17. The van der Waals surface area contributed by atoms with Gasteiger partial charge in [0, 0.05) is 0 Å². The molecule has 1 atom stereocenters. The molecule has 0 saturated heterocycles. The normalized spacial score (nSPS) is 13.2. The molecule has 0 aromatic heterocycles. The minimum Gasteiger partial charge on any atom is -0.271 e. The molecule has 0 aliphatic heterocycles. The number of nitrogens with two attached hydrogens (primary N) is 1. The third-order valence-electron chi connectivity index (χ3n) is 4.01. The van der Waals surface area contributed by atoms with Crippen LogP contribution in [0.4, 0.5) is 0 Å². The van der Waals surface area contributed by atoms with E-state index in [-0.39, 0.29) is 11.5 Å². The van der Waals surface area contributed by atoms with Crippen molar-refractivity contribution in [3.05, 3.63) is 70.3 Å². The summed E-state index contributed by atoms with van der Waals surface area (Å²) in [5, 5.41) is 0. The number of hydrogen-bond acceptors (Lipinski definition) is 2. The van der Waals surface area contributed by atoms with Gasteiger partial charge in [-0.3, -0.25) is 5.84 Å². The molecule has 0 aliphatic rings. The lowest BCUT2D eigenvalue weighted by Crippen LogP contribution is -2.29. The minimum atomic E-state index is 0.0274. The largest absolute Gasteiger partial charge is 0.271 e. The first-order valence-electron chi connectivity index (χ1n) is 7.46. The summed E-state index contributed by atoms with van der Waals surface area (Å²) in [4.78, 5) is 0. The summed E-state index contributed by atoms with van der Waals surface area (Å²) >= 11 is 0.